The number of carbonyl (C=O) groups excluding carboxylic acids is 2. The van der Waals surface area contributed by atoms with E-state index in [0.717, 1.165) is 0 Å². The number of carbonyl (C=O) groups is 2. The first kappa shape index (κ1) is 19.7. The van der Waals surface area contributed by atoms with Gasteiger partial charge in [0.25, 0.3) is 0 Å². The van der Waals surface area contributed by atoms with Gasteiger partial charge in [0.2, 0.25) is 11.8 Å². The number of nitrogens with zero attached hydrogens (tertiary/aromatic N) is 1. The van der Waals surface area contributed by atoms with Crippen LogP contribution in [0.15, 0.2) is 37.4 Å². The van der Waals surface area contributed by atoms with Gasteiger partial charge in [-0.1, -0.05) is 12.2 Å². The Balaban J connectivity index is 2.11. The number of rotatable bonds is 6. The van der Waals surface area contributed by atoms with Crippen LogP contribution in [0.1, 0.15) is 24.2 Å². The third kappa shape index (κ3) is 4.93. The lowest BCUT2D eigenvalue weighted by Gasteiger charge is -2.29. The van der Waals surface area contributed by atoms with Crippen LogP contribution in [-0.4, -0.2) is 29.0 Å². The molecule has 0 bridgehead atoms. The molecule has 0 radical (unpaired) electrons. The van der Waals surface area contributed by atoms with Gasteiger partial charge in [-0.15, -0.1) is 13.2 Å². The summed E-state index contributed by atoms with van der Waals surface area (Å²) in [4.78, 5) is 28.7. The smallest absolute Gasteiger partial charge is 0.344 e. The Morgan fingerprint density at radius 2 is 1.81 bits per heavy atom. The van der Waals surface area contributed by atoms with Crippen LogP contribution in [0.5, 0.6) is 0 Å². The maximum atomic E-state index is 12.7. The fourth-order valence-corrected chi connectivity index (χ4v) is 2.76. The van der Waals surface area contributed by atoms with Gasteiger partial charge in [0.05, 0.1) is 0 Å². The van der Waals surface area contributed by atoms with E-state index in [4.69, 9.17) is 0 Å². The van der Waals surface area contributed by atoms with E-state index in [1.54, 1.807) is 24.3 Å². The average Bonchev–Trinajstić information content (AvgIpc) is 2.54. The molecule has 0 aliphatic carbocycles. The molecule has 2 unspecified atom stereocenters. The van der Waals surface area contributed by atoms with Crippen LogP contribution in [0.3, 0.4) is 0 Å². The van der Waals surface area contributed by atoms with Gasteiger partial charge in [0, 0.05) is 29.9 Å². The van der Waals surface area contributed by atoms with Crippen molar-refractivity contribution in [1.29, 1.82) is 0 Å². The molecule has 2 N–H and O–H groups in total. The zero-order chi connectivity index (χ0) is 19.3. The van der Waals surface area contributed by atoms with Gasteiger partial charge in [0.15, 0.2) is 0 Å². The molecule has 2 rings (SSSR count). The van der Waals surface area contributed by atoms with Crippen molar-refractivity contribution in [1.82, 2.24) is 10.3 Å². The molecule has 0 saturated carbocycles. The second-order valence-electron chi connectivity index (χ2n) is 6.05. The zero-order valence-electron chi connectivity index (χ0n) is 14.1. The van der Waals surface area contributed by atoms with Crippen LogP contribution in [0.4, 0.5) is 18.9 Å². The van der Waals surface area contributed by atoms with Gasteiger partial charge >= 0.3 is 6.18 Å². The number of hydrogen-bond donors (Lipinski definition) is 2. The van der Waals surface area contributed by atoms with Gasteiger partial charge in [-0.05, 0) is 25.0 Å². The van der Waals surface area contributed by atoms with Gasteiger partial charge < -0.3 is 10.6 Å². The Hall–Kier alpha value is -2.64. The van der Waals surface area contributed by atoms with E-state index in [0.29, 0.717) is 29.9 Å². The quantitative estimate of drug-likeness (QED) is 0.600. The fraction of sp³-hybridized carbons (Fsp3) is 0.389. The lowest BCUT2D eigenvalue weighted by Crippen LogP contribution is -2.53. The van der Waals surface area contributed by atoms with Crippen LogP contribution >= 0.6 is 0 Å². The van der Waals surface area contributed by atoms with Gasteiger partial charge in [-0.2, -0.15) is 13.2 Å². The van der Waals surface area contributed by atoms with Crippen LogP contribution in [0.25, 0.3) is 0 Å². The Bertz CT molecular complexity index is 688. The van der Waals surface area contributed by atoms with Gasteiger partial charge in [-0.3, -0.25) is 14.6 Å². The molecule has 1 aromatic heterocycles. The molecule has 1 aliphatic heterocycles. The van der Waals surface area contributed by atoms with E-state index in [1.807, 2.05) is 5.32 Å². The van der Waals surface area contributed by atoms with Gasteiger partial charge in [-0.25, -0.2) is 0 Å². The molecule has 140 valence electrons. The average molecular weight is 367 g/mol. The lowest BCUT2D eigenvalue weighted by atomic mass is 9.92. The molecule has 0 spiro atoms. The molecule has 1 aliphatic rings. The van der Waals surface area contributed by atoms with Gasteiger partial charge in [0.1, 0.15) is 12.0 Å². The summed E-state index contributed by atoms with van der Waals surface area (Å²) >= 11 is 0. The highest BCUT2D eigenvalue weighted by molar-refractivity contribution is 6.06. The van der Waals surface area contributed by atoms with E-state index < -0.39 is 30.0 Å². The van der Waals surface area contributed by atoms with Crippen molar-refractivity contribution in [3.05, 3.63) is 48.8 Å². The molecule has 2 amide bonds. The number of alkyl halides is 3. The highest BCUT2D eigenvalue weighted by Crippen LogP contribution is 2.29. The fourth-order valence-electron chi connectivity index (χ4n) is 2.76. The highest BCUT2D eigenvalue weighted by atomic mass is 19.4. The number of pyridine rings is 1. The number of halogens is 3. The first-order valence-corrected chi connectivity index (χ1v) is 8.14. The summed E-state index contributed by atoms with van der Waals surface area (Å²) in [5, 5.41) is 4.48. The van der Waals surface area contributed by atoms with Crippen LogP contribution in [-0.2, 0) is 22.4 Å². The molecule has 8 heteroatoms. The molecule has 1 fully saturated rings. The first-order valence-electron chi connectivity index (χ1n) is 8.14. The van der Waals surface area contributed by atoms with Crippen LogP contribution in [0, 0.1) is 5.92 Å². The van der Waals surface area contributed by atoms with Crippen LogP contribution in [0.2, 0.25) is 0 Å². The Kier molecular flexibility index (Phi) is 6.18. The molecule has 1 aromatic rings. The summed E-state index contributed by atoms with van der Waals surface area (Å²) in [6.45, 7) is 7.28. The largest absolute Gasteiger partial charge is 0.408 e. The molecule has 26 heavy (non-hydrogen) atoms. The lowest BCUT2D eigenvalue weighted by molar-refractivity contribution is -0.170. The number of piperidine rings is 1. The summed E-state index contributed by atoms with van der Waals surface area (Å²) in [7, 11) is 0. The topological polar surface area (TPSA) is 71.1 Å². The van der Waals surface area contributed by atoms with Crippen LogP contribution < -0.4 is 10.6 Å². The summed E-state index contributed by atoms with van der Waals surface area (Å²) < 4.78 is 38.1. The number of anilines is 1. The van der Waals surface area contributed by atoms with Crippen molar-refractivity contribution in [2.45, 2.75) is 37.9 Å². The second-order valence-corrected chi connectivity index (χ2v) is 6.05. The van der Waals surface area contributed by atoms with Crippen molar-refractivity contribution in [3.8, 4) is 0 Å². The summed E-state index contributed by atoms with van der Waals surface area (Å²) in [5.41, 5.74) is 1.80. The number of allylic oxidation sites excluding steroid dienone is 2. The second kappa shape index (κ2) is 8.16. The van der Waals surface area contributed by atoms with E-state index in [9.17, 15) is 22.8 Å². The van der Waals surface area contributed by atoms with E-state index in [1.165, 1.54) is 0 Å². The Labute approximate surface area is 149 Å². The minimum Gasteiger partial charge on any atom is -0.344 e. The van der Waals surface area contributed by atoms with Crippen molar-refractivity contribution in [3.63, 3.8) is 0 Å². The van der Waals surface area contributed by atoms with Crippen molar-refractivity contribution < 1.29 is 22.8 Å². The molecule has 5 nitrogen and oxygen atoms in total. The van der Waals surface area contributed by atoms with Crippen molar-refractivity contribution in [2.75, 3.05) is 5.32 Å². The monoisotopic (exact) mass is 367 g/mol. The maximum absolute atomic E-state index is 12.7. The third-order valence-corrected chi connectivity index (χ3v) is 3.99. The molecule has 1 saturated heterocycles. The maximum Gasteiger partial charge on any atom is 0.408 e. The first-order chi connectivity index (χ1) is 12.2. The normalized spacial score (nSPS) is 20.2. The van der Waals surface area contributed by atoms with Crippen molar-refractivity contribution >= 4 is 17.5 Å². The Morgan fingerprint density at radius 1 is 1.23 bits per heavy atom. The predicted octanol–water partition coefficient (Wildman–Crippen LogP) is 2.93. The van der Waals surface area contributed by atoms with E-state index in [2.05, 4.69) is 23.5 Å². The summed E-state index contributed by atoms with van der Waals surface area (Å²) in [6, 6.07) is 1.38. The SMILES string of the molecule is C=CCc1cc(NC(=O)C2CCC(C(F)(F)F)NC2=O)cc(CC=C)n1. The summed E-state index contributed by atoms with van der Waals surface area (Å²) in [5.74, 6) is -2.71. The molecule has 0 aromatic carbocycles. The predicted molar refractivity (Wildman–Crippen MR) is 91.4 cm³/mol. The standard InChI is InChI=1S/C18H20F3N3O2/c1-3-5-11-9-13(10-12(22-11)6-4-2)23-16(25)14-7-8-15(18(19,20)21)24-17(14)26/h3-4,9-10,14-15H,1-2,5-8H2,(H,24,26)(H,22,23,25). The highest BCUT2D eigenvalue weighted by Gasteiger charge is 2.45. The molecule has 2 atom stereocenters. The summed E-state index contributed by atoms with van der Waals surface area (Å²) in [6.07, 6.45) is -0.689. The minimum absolute atomic E-state index is 0.161. The van der Waals surface area contributed by atoms with Crippen molar-refractivity contribution in [2.24, 2.45) is 5.92 Å². The zero-order valence-corrected chi connectivity index (χ0v) is 14.1. The number of amides is 2. The Morgan fingerprint density at radius 3 is 2.27 bits per heavy atom. The van der Waals surface area contributed by atoms with E-state index in [-0.39, 0.29) is 12.8 Å². The minimum atomic E-state index is -4.51. The molecular formula is C18H20F3N3O2. The third-order valence-electron chi connectivity index (χ3n) is 3.99. The van der Waals surface area contributed by atoms with E-state index >= 15 is 0 Å². The number of aromatic nitrogens is 1. The number of hydrogen-bond acceptors (Lipinski definition) is 3. The number of nitrogens with one attached hydrogen (secondary N) is 2. The molecular weight excluding hydrogens is 347 g/mol. The molecule has 2 heterocycles.